The molecule has 3 amide bonds. The molecule has 1 aromatic heterocycles. The van der Waals surface area contributed by atoms with E-state index < -0.39 is 24.0 Å². The molecule has 132 valence electrons. The molecule has 0 saturated carbocycles. The van der Waals surface area contributed by atoms with Crippen molar-refractivity contribution in [2.45, 2.75) is 33.4 Å². The van der Waals surface area contributed by atoms with Crippen molar-refractivity contribution < 1.29 is 19.1 Å². The van der Waals surface area contributed by atoms with Gasteiger partial charge >= 0.3 is 12.0 Å². The van der Waals surface area contributed by atoms with Gasteiger partial charge in [0.1, 0.15) is 0 Å². The summed E-state index contributed by atoms with van der Waals surface area (Å²) in [5.41, 5.74) is 8.02. The van der Waals surface area contributed by atoms with Gasteiger partial charge in [-0.25, -0.2) is 9.59 Å². The number of hydrogen-bond acceptors (Lipinski definition) is 4. The van der Waals surface area contributed by atoms with Gasteiger partial charge in [0.2, 0.25) is 0 Å². The molecule has 0 aliphatic heterocycles. The zero-order valence-electron chi connectivity index (χ0n) is 14.4. The molecule has 1 heterocycles. The summed E-state index contributed by atoms with van der Waals surface area (Å²) < 4.78 is 7.13. The number of aryl methyl sites for hydroxylation is 1. The van der Waals surface area contributed by atoms with Crippen molar-refractivity contribution in [1.29, 1.82) is 0 Å². The van der Waals surface area contributed by atoms with Crippen LogP contribution >= 0.6 is 0 Å². The van der Waals surface area contributed by atoms with Crippen LogP contribution in [0, 0.1) is 13.8 Å². The zero-order valence-corrected chi connectivity index (χ0v) is 14.4. The van der Waals surface area contributed by atoms with Crippen molar-refractivity contribution in [3.63, 3.8) is 0 Å². The molecule has 3 N–H and O–H groups in total. The van der Waals surface area contributed by atoms with Crippen LogP contribution in [0.15, 0.2) is 36.4 Å². The highest BCUT2D eigenvalue weighted by molar-refractivity contribution is 5.98. The summed E-state index contributed by atoms with van der Waals surface area (Å²) in [5.74, 6) is -1.39. The third-order valence-corrected chi connectivity index (χ3v) is 3.88. The normalized spacial score (nSPS) is 11.6. The number of imide groups is 1. The SMILES string of the molecule is Cc1cc(C(=O)O[C@H](C)C(=O)NC(N)=O)c(C)n1Cc1ccccc1. The Morgan fingerprint density at radius 1 is 1.20 bits per heavy atom. The second-order valence-electron chi connectivity index (χ2n) is 5.76. The Balaban J connectivity index is 2.14. The summed E-state index contributed by atoms with van der Waals surface area (Å²) in [5, 5.41) is 1.88. The van der Waals surface area contributed by atoms with E-state index in [-0.39, 0.29) is 0 Å². The van der Waals surface area contributed by atoms with E-state index in [0.29, 0.717) is 12.1 Å². The van der Waals surface area contributed by atoms with E-state index >= 15 is 0 Å². The number of rotatable bonds is 5. The lowest BCUT2D eigenvalue weighted by Crippen LogP contribution is -2.42. The maximum Gasteiger partial charge on any atom is 0.340 e. The molecule has 7 heteroatoms. The second-order valence-corrected chi connectivity index (χ2v) is 5.76. The molecule has 0 fully saturated rings. The molecule has 2 aromatic rings. The molecule has 25 heavy (non-hydrogen) atoms. The fraction of sp³-hybridized carbons (Fsp3) is 0.278. The summed E-state index contributed by atoms with van der Waals surface area (Å²) in [4.78, 5) is 34.7. The first-order valence-corrected chi connectivity index (χ1v) is 7.81. The maximum absolute atomic E-state index is 12.4. The minimum atomic E-state index is -1.13. The predicted octanol–water partition coefficient (Wildman–Crippen LogP) is 1.89. The highest BCUT2D eigenvalue weighted by Crippen LogP contribution is 2.18. The third kappa shape index (κ3) is 4.47. The van der Waals surface area contributed by atoms with E-state index in [1.165, 1.54) is 6.92 Å². The zero-order chi connectivity index (χ0) is 18.6. The van der Waals surface area contributed by atoms with Crippen LogP contribution in [-0.4, -0.2) is 28.6 Å². The number of primary amides is 1. The van der Waals surface area contributed by atoms with Gasteiger partial charge in [0.15, 0.2) is 6.10 Å². The predicted molar refractivity (Wildman–Crippen MR) is 92.1 cm³/mol. The van der Waals surface area contributed by atoms with Crippen molar-refractivity contribution in [2.75, 3.05) is 0 Å². The van der Waals surface area contributed by atoms with E-state index in [0.717, 1.165) is 17.0 Å². The van der Waals surface area contributed by atoms with Crippen molar-refractivity contribution in [3.8, 4) is 0 Å². The number of esters is 1. The largest absolute Gasteiger partial charge is 0.449 e. The first kappa shape index (κ1) is 18.3. The summed E-state index contributed by atoms with van der Waals surface area (Å²) in [6, 6.07) is 10.6. The molecule has 0 unspecified atom stereocenters. The molecular weight excluding hydrogens is 322 g/mol. The number of hydrogen-bond donors (Lipinski definition) is 2. The molecule has 0 aliphatic carbocycles. The van der Waals surface area contributed by atoms with E-state index in [1.54, 1.807) is 6.07 Å². The van der Waals surface area contributed by atoms with Crippen molar-refractivity contribution >= 4 is 17.9 Å². The number of ether oxygens (including phenoxy) is 1. The van der Waals surface area contributed by atoms with Crippen LogP contribution in [0.3, 0.4) is 0 Å². The number of carbonyl (C=O) groups is 3. The van der Waals surface area contributed by atoms with Gasteiger partial charge in [-0.3, -0.25) is 10.1 Å². The lowest BCUT2D eigenvalue weighted by molar-refractivity contribution is -0.127. The molecule has 1 aromatic carbocycles. The average molecular weight is 343 g/mol. The van der Waals surface area contributed by atoms with Crippen LogP contribution in [0.4, 0.5) is 4.79 Å². The Kier molecular flexibility index (Phi) is 5.59. The van der Waals surface area contributed by atoms with Crippen LogP contribution < -0.4 is 11.1 Å². The number of urea groups is 1. The Labute approximate surface area is 145 Å². The van der Waals surface area contributed by atoms with Crippen molar-refractivity contribution in [1.82, 2.24) is 9.88 Å². The summed E-state index contributed by atoms with van der Waals surface area (Å²) in [6.07, 6.45) is -1.13. The molecule has 0 saturated heterocycles. The van der Waals surface area contributed by atoms with Crippen LogP contribution in [0.5, 0.6) is 0 Å². The third-order valence-electron chi connectivity index (χ3n) is 3.88. The minimum absolute atomic E-state index is 0.382. The first-order valence-electron chi connectivity index (χ1n) is 7.81. The van der Waals surface area contributed by atoms with Crippen LogP contribution in [0.1, 0.15) is 34.2 Å². The Hall–Kier alpha value is -3.09. The van der Waals surface area contributed by atoms with E-state index in [2.05, 4.69) is 0 Å². The molecule has 0 bridgehead atoms. The number of aromatic nitrogens is 1. The number of nitrogens with two attached hydrogens (primary N) is 1. The number of nitrogens with zero attached hydrogens (tertiary/aromatic N) is 1. The minimum Gasteiger partial charge on any atom is -0.449 e. The monoisotopic (exact) mass is 343 g/mol. The first-order chi connectivity index (χ1) is 11.8. The number of carbonyl (C=O) groups excluding carboxylic acids is 3. The van der Waals surface area contributed by atoms with Crippen LogP contribution in [-0.2, 0) is 16.1 Å². The standard InChI is InChI=1S/C18H21N3O4/c1-11-9-15(17(23)25-13(3)16(22)20-18(19)24)12(2)21(11)10-14-7-5-4-6-8-14/h4-9,13H,10H2,1-3H3,(H3,19,20,22,24)/t13-/m1/s1. The van der Waals surface area contributed by atoms with Crippen LogP contribution in [0.2, 0.25) is 0 Å². The fourth-order valence-electron chi connectivity index (χ4n) is 2.52. The number of amides is 3. The summed E-state index contributed by atoms with van der Waals surface area (Å²) in [6.45, 7) is 5.72. The molecule has 0 radical (unpaired) electrons. The van der Waals surface area contributed by atoms with Gasteiger partial charge in [-0.15, -0.1) is 0 Å². The Morgan fingerprint density at radius 2 is 1.84 bits per heavy atom. The smallest absolute Gasteiger partial charge is 0.340 e. The van der Waals surface area contributed by atoms with E-state index in [4.69, 9.17) is 10.5 Å². The molecule has 7 nitrogen and oxygen atoms in total. The van der Waals surface area contributed by atoms with Crippen molar-refractivity contribution in [3.05, 3.63) is 58.9 Å². The number of nitrogens with one attached hydrogen (secondary N) is 1. The van der Waals surface area contributed by atoms with Gasteiger partial charge in [0.25, 0.3) is 5.91 Å². The molecule has 0 spiro atoms. The molecular formula is C18H21N3O4. The molecule has 0 aliphatic rings. The van der Waals surface area contributed by atoms with E-state index in [1.807, 2.05) is 54.1 Å². The maximum atomic E-state index is 12.4. The Morgan fingerprint density at radius 3 is 2.44 bits per heavy atom. The van der Waals surface area contributed by atoms with Gasteiger partial charge in [0.05, 0.1) is 5.56 Å². The topological polar surface area (TPSA) is 103 Å². The quantitative estimate of drug-likeness (QED) is 0.809. The van der Waals surface area contributed by atoms with Gasteiger partial charge < -0.3 is 15.0 Å². The fourth-order valence-corrected chi connectivity index (χ4v) is 2.52. The summed E-state index contributed by atoms with van der Waals surface area (Å²) in [7, 11) is 0. The van der Waals surface area contributed by atoms with Gasteiger partial charge in [-0.2, -0.15) is 0 Å². The van der Waals surface area contributed by atoms with E-state index in [9.17, 15) is 14.4 Å². The Bertz CT molecular complexity index is 796. The summed E-state index contributed by atoms with van der Waals surface area (Å²) >= 11 is 0. The van der Waals surface area contributed by atoms with Crippen molar-refractivity contribution in [2.24, 2.45) is 5.73 Å². The lowest BCUT2D eigenvalue weighted by atomic mass is 10.2. The highest BCUT2D eigenvalue weighted by atomic mass is 16.5. The van der Waals surface area contributed by atoms with Gasteiger partial charge in [-0.05, 0) is 32.4 Å². The lowest BCUT2D eigenvalue weighted by Gasteiger charge is -2.13. The average Bonchev–Trinajstić information content (AvgIpc) is 2.83. The van der Waals surface area contributed by atoms with Gasteiger partial charge in [-0.1, -0.05) is 30.3 Å². The number of benzene rings is 1. The van der Waals surface area contributed by atoms with Crippen LogP contribution in [0.25, 0.3) is 0 Å². The van der Waals surface area contributed by atoms with Gasteiger partial charge in [0, 0.05) is 17.9 Å². The second kappa shape index (κ2) is 7.65. The highest BCUT2D eigenvalue weighted by Gasteiger charge is 2.23. The molecule has 2 rings (SSSR count). The molecule has 1 atom stereocenters.